The Morgan fingerprint density at radius 3 is 2.62 bits per heavy atom. The number of rotatable bonds is 3. The highest BCUT2D eigenvalue weighted by molar-refractivity contribution is 5.85. The Morgan fingerprint density at radius 1 is 1.31 bits per heavy atom. The SMILES string of the molecule is Cc1ccc(Cn2nccc2C(=O)O)cc1. The average molecular weight is 216 g/mol. The first kappa shape index (κ1) is 10.4. The van der Waals surface area contributed by atoms with Crippen molar-refractivity contribution >= 4 is 5.97 Å². The van der Waals surface area contributed by atoms with Crippen molar-refractivity contribution in [2.24, 2.45) is 0 Å². The van der Waals surface area contributed by atoms with Crippen LogP contribution in [0.3, 0.4) is 0 Å². The third kappa shape index (κ3) is 2.11. The first-order valence-corrected chi connectivity index (χ1v) is 4.97. The molecule has 0 spiro atoms. The number of aromatic carboxylic acids is 1. The molecular weight excluding hydrogens is 204 g/mol. The Morgan fingerprint density at radius 2 is 2.00 bits per heavy atom. The van der Waals surface area contributed by atoms with Gasteiger partial charge < -0.3 is 5.11 Å². The van der Waals surface area contributed by atoms with Gasteiger partial charge in [0.1, 0.15) is 5.69 Å². The van der Waals surface area contributed by atoms with E-state index in [9.17, 15) is 4.79 Å². The summed E-state index contributed by atoms with van der Waals surface area (Å²) < 4.78 is 1.48. The molecule has 0 saturated heterocycles. The topological polar surface area (TPSA) is 55.1 Å². The summed E-state index contributed by atoms with van der Waals surface area (Å²) in [6.45, 7) is 2.50. The fraction of sp³-hybridized carbons (Fsp3) is 0.167. The molecule has 0 fully saturated rings. The van der Waals surface area contributed by atoms with Crippen molar-refractivity contribution in [2.75, 3.05) is 0 Å². The molecule has 82 valence electrons. The van der Waals surface area contributed by atoms with E-state index in [0.29, 0.717) is 6.54 Å². The first-order valence-electron chi connectivity index (χ1n) is 4.97. The maximum absolute atomic E-state index is 10.9. The molecule has 0 aliphatic heterocycles. The maximum Gasteiger partial charge on any atom is 0.354 e. The van der Waals surface area contributed by atoms with Gasteiger partial charge in [0.2, 0.25) is 0 Å². The second-order valence-electron chi connectivity index (χ2n) is 3.66. The lowest BCUT2D eigenvalue weighted by Gasteiger charge is -2.04. The van der Waals surface area contributed by atoms with Crippen molar-refractivity contribution in [1.29, 1.82) is 0 Å². The van der Waals surface area contributed by atoms with Gasteiger partial charge in [-0.15, -0.1) is 0 Å². The van der Waals surface area contributed by atoms with Crippen molar-refractivity contribution in [2.45, 2.75) is 13.5 Å². The zero-order valence-electron chi connectivity index (χ0n) is 8.92. The monoisotopic (exact) mass is 216 g/mol. The molecule has 1 aromatic heterocycles. The summed E-state index contributed by atoms with van der Waals surface area (Å²) in [5, 5.41) is 12.9. The number of carboxylic acids is 1. The van der Waals surface area contributed by atoms with Crippen LogP contribution in [0.5, 0.6) is 0 Å². The van der Waals surface area contributed by atoms with Crippen LogP contribution in [-0.4, -0.2) is 20.9 Å². The molecule has 4 heteroatoms. The Kier molecular flexibility index (Phi) is 2.72. The fourth-order valence-corrected chi connectivity index (χ4v) is 1.51. The second-order valence-corrected chi connectivity index (χ2v) is 3.66. The van der Waals surface area contributed by atoms with Gasteiger partial charge in [0.25, 0.3) is 0 Å². The molecule has 2 aromatic rings. The van der Waals surface area contributed by atoms with Crippen LogP contribution in [0, 0.1) is 6.92 Å². The van der Waals surface area contributed by atoms with E-state index in [1.165, 1.54) is 22.5 Å². The average Bonchev–Trinajstić information content (AvgIpc) is 2.69. The number of hydrogen-bond donors (Lipinski definition) is 1. The van der Waals surface area contributed by atoms with E-state index in [1.54, 1.807) is 0 Å². The summed E-state index contributed by atoms with van der Waals surface area (Å²) in [6, 6.07) is 9.44. The van der Waals surface area contributed by atoms with Crippen molar-refractivity contribution in [1.82, 2.24) is 9.78 Å². The van der Waals surface area contributed by atoms with Crippen LogP contribution in [0.2, 0.25) is 0 Å². The highest BCUT2D eigenvalue weighted by atomic mass is 16.4. The van der Waals surface area contributed by atoms with Crippen LogP contribution in [0.4, 0.5) is 0 Å². The molecule has 0 amide bonds. The van der Waals surface area contributed by atoms with E-state index in [4.69, 9.17) is 5.11 Å². The number of benzene rings is 1. The largest absolute Gasteiger partial charge is 0.477 e. The summed E-state index contributed by atoms with van der Waals surface area (Å²) >= 11 is 0. The lowest BCUT2D eigenvalue weighted by molar-refractivity contribution is 0.0684. The van der Waals surface area contributed by atoms with Gasteiger partial charge in [-0.05, 0) is 18.6 Å². The molecule has 4 nitrogen and oxygen atoms in total. The second kappa shape index (κ2) is 4.18. The summed E-state index contributed by atoms with van der Waals surface area (Å²) in [5.74, 6) is -0.954. The van der Waals surface area contributed by atoms with Gasteiger partial charge in [-0.3, -0.25) is 4.68 Å². The van der Waals surface area contributed by atoms with Crippen LogP contribution in [-0.2, 0) is 6.54 Å². The molecule has 1 aromatic carbocycles. The van der Waals surface area contributed by atoms with Gasteiger partial charge >= 0.3 is 5.97 Å². The lowest BCUT2D eigenvalue weighted by atomic mass is 10.1. The lowest BCUT2D eigenvalue weighted by Crippen LogP contribution is -2.10. The standard InChI is InChI=1S/C12H12N2O2/c1-9-2-4-10(5-3-9)8-14-11(12(15)16)6-7-13-14/h2-7H,8H2,1H3,(H,15,16). The molecule has 2 rings (SSSR count). The fourth-order valence-electron chi connectivity index (χ4n) is 1.51. The van der Waals surface area contributed by atoms with Crippen molar-refractivity contribution in [3.05, 3.63) is 53.3 Å². The summed E-state index contributed by atoms with van der Waals surface area (Å²) in [7, 11) is 0. The van der Waals surface area contributed by atoms with Gasteiger partial charge in [-0.25, -0.2) is 4.79 Å². The van der Waals surface area contributed by atoms with Gasteiger partial charge in [-0.2, -0.15) is 5.10 Å². The minimum atomic E-state index is -0.954. The molecule has 0 radical (unpaired) electrons. The highest BCUT2D eigenvalue weighted by Gasteiger charge is 2.09. The van der Waals surface area contributed by atoms with Crippen molar-refractivity contribution in [3.8, 4) is 0 Å². The maximum atomic E-state index is 10.9. The minimum absolute atomic E-state index is 0.209. The predicted octanol–water partition coefficient (Wildman–Crippen LogP) is 1.94. The van der Waals surface area contributed by atoms with Crippen LogP contribution in [0.1, 0.15) is 21.6 Å². The number of nitrogens with zero attached hydrogens (tertiary/aromatic N) is 2. The summed E-state index contributed by atoms with van der Waals surface area (Å²) in [4.78, 5) is 10.9. The number of hydrogen-bond acceptors (Lipinski definition) is 2. The molecule has 0 atom stereocenters. The van der Waals surface area contributed by atoms with Crippen LogP contribution >= 0.6 is 0 Å². The van der Waals surface area contributed by atoms with E-state index in [2.05, 4.69) is 5.10 Å². The molecule has 0 bridgehead atoms. The summed E-state index contributed by atoms with van der Waals surface area (Å²) in [6.07, 6.45) is 1.50. The number of aromatic nitrogens is 2. The molecule has 0 aliphatic rings. The van der Waals surface area contributed by atoms with Gasteiger partial charge in [0.05, 0.1) is 6.54 Å². The number of carboxylic acid groups (broad SMARTS) is 1. The van der Waals surface area contributed by atoms with Gasteiger partial charge in [0, 0.05) is 6.20 Å². The predicted molar refractivity (Wildman–Crippen MR) is 59.5 cm³/mol. The number of aryl methyl sites for hydroxylation is 1. The number of carbonyl (C=O) groups is 1. The van der Waals surface area contributed by atoms with E-state index >= 15 is 0 Å². The minimum Gasteiger partial charge on any atom is -0.477 e. The third-order valence-corrected chi connectivity index (χ3v) is 2.39. The Balaban J connectivity index is 2.23. The first-order chi connectivity index (χ1) is 7.66. The molecule has 1 heterocycles. The third-order valence-electron chi connectivity index (χ3n) is 2.39. The molecule has 0 aliphatic carbocycles. The quantitative estimate of drug-likeness (QED) is 0.853. The molecule has 0 unspecified atom stereocenters. The van der Waals surface area contributed by atoms with E-state index in [-0.39, 0.29) is 5.69 Å². The molecular formula is C12H12N2O2. The van der Waals surface area contributed by atoms with Crippen LogP contribution in [0.25, 0.3) is 0 Å². The van der Waals surface area contributed by atoms with Crippen molar-refractivity contribution in [3.63, 3.8) is 0 Å². The zero-order chi connectivity index (χ0) is 11.5. The summed E-state index contributed by atoms with van der Waals surface area (Å²) in [5.41, 5.74) is 2.43. The van der Waals surface area contributed by atoms with Gasteiger partial charge in [-0.1, -0.05) is 29.8 Å². The highest BCUT2D eigenvalue weighted by Crippen LogP contribution is 2.07. The molecule has 1 N–H and O–H groups in total. The molecule has 16 heavy (non-hydrogen) atoms. The van der Waals surface area contributed by atoms with E-state index in [0.717, 1.165) is 5.56 Å². The smallest absolute Gasteiger partial charge is 0.354 e. The van der Waals surface area contributed by atoms with E-state index < -0.39 is 5.97 Å². The van der Waals surface area contributed by atoms with Gasteiger partial charge in [0.15, 0.2) is 0 Å². The van der Waals surface area contributed by atoms with Crippen molar-refractivity contribution < 1.29 is 9.90 Å². The zero-order valence-corrected chi connectivity index (χ0v) is 8.92. The van der Waals surface area contributed by atoms with Crippen LogP contribution in [0.15, 0.2) is 36.5 Å². The molecule has 0 saturated carbocycles. The van der Waals surface area contributed by atoms with E-state index in [1.807, 2.05) is 31.2 Å². The normalized spacial score (nSPS) is 10.3. The Bertz CT molecular complexity index is 500. The van der Waals surface area contributed by atoms with Crippen LogP contribution < -0.4 is 0 Å². The Labute approximate surface area is 93.1 Å². The Hall–Kier alpha value is -2.10.